The van der Waals surface area contributed by atoms with Crippen molar-refractivity contribution in [3.05, 3.63) is 53.6 Å². The SMILES string of the molecule is Nc1c(O)cccc1C(O)c1cccc(O)c1. The van der Waals surface area contributed by atoms with Crippen molar-refractivity contribution in [2.75, 3.05) is 5.73 Å². The van der Waals surface area contributed by atoms with Crippen LogP contribution in [0, 0.1) is 0 Å². The molecule has 0 radical (unpaired) electrons. The van der Waals surface area contributed by atoms with Crippen molar-refractivity contribution in [1.29, 1.82) is 0 Å². The van der Waals surface area contributed by atoms with E-state index in [9.17, 15) is 15.3 Å². The third kappa shape index (κ3) is 2.16. The Kier molecular flexibility index (Phi) is 2.89. The molecule has 0 saturated carbocycles. The van der Waals surface area contributed by atoms with Gasteiger partial charge in [-0.2, -0.15) is 0 Å². The second kappa shape index (κ2) is 4.35. The topological polar surface area (TPSA) is 86.7 Å². The molecule has 2 rings (SSSR count). The zero-order valence-corrected chi connectivity index (χ0v) is 9.04. The number of anilines is 1. The number of nitrogen functional groups attached to an aromatic ring is 1. The Morgan fingerprint density at radius 3 is 2.41 bits per heavy atom. The van der Waals surface area contributed by atoms with Gasteiger partial charge in [-0.05, 0) is 23.8 Å². The maximum absolute atomic E-state index is 10.1. The predicted octanol–water partition coefficient (Wildman–Crippen LogP) is 1.76. The fourth-order valence-electron chi connectivity index (χ4n) is 1.68. The van der Waals surface area contributed by atoms with Crippen LogP contribution in [-0.2, 0) is 0 Å². The van der Waals surface area contributed by atoms with Gasteiger partial charge in [-0.1, -0.05) is 24.3 Å². The largest absolute Gasteiger partial charge is 0.508 e. The number of rotatable bonds is 2. The molecule has 0 spiro atoms. The summed E-state index contributed by atoms with van der Waals surface area (Å²) in [6, 6.07) is 11.0. The van der Waals surface area contributed by atoms with Crippen LogP contribution in [0.5, 0.6) is 11.5 Å². The van der Waals surface area contributed by atoms with Gasteiger partial charge in [-0.25, -0.2) is 0 Å². The summed E-state index contributed by atoms with van der Waals surface area (Å²) in [5.41, 5.74) is 6.76. The van der Waals surface area contributed by atoms with E-state index < -0.39 is 6.10 Å². The summed E-state index contributed by atoms with van der Waals surface area (Å²) in [6.07, 6.45) is -0.978. The molecule has 0 aromatic heterocycles. The van der Waals surface area contributed by atoms with Crippen LogP contribution < -0.4 is 5.73 Å². The van der Waals surface area contributed by atoms with Gasteiger partial charge in [0.05, 0.1) is 5.69 Å². The number of aromatic hydroxyl groups is 2. The van der Waals surface area contributed by atoms with Gasteiger partial charge in [-0.15, -0.1) is 0 Å². The lowest BCUT2D eigenvalue weighted by atomic mass is 9.99. The van der Waals surface area contributed by atoms with Crippen LogP contribution in [0.2, 0.25) is 0 Å². The maximum Gasteiger partial charge on any atom is 0.138 e. The Labute approximate surface area is 98.6 Å². The fourth-order valence-corrected chi connectivity index (χ4v) is 1.68. The molecule has 88 valence electrons. The Morgan fingerprint density at radius 1 is 1.00 bits per heavy atom. The molecule has 0 aliphatic rings. The highest BCUT2D eigenvalue weighted by molar-refractivity contribution is 5.60. The fraction of sp³-hybridized carbons (Fsp3) is 0.0769. The van der Waals surface area contributed by atoms with Gasteiger partial charge in [0.25, 0.3) is 0 Å². The smallest absolute Gasteiger partial charge is 0.138 e. The quantitative estimate of drug-likeness (QED) is 0.468. The van der Waals surface area contributed by atoms with E-state index >= 15 is 0 Å². The highest BCUT2D eigenvalue weighted by Gasteiger charge is 2.15. The lowest BCUT2D eigenvalue weighted by Gasteiger charge is -2.14. The lowest BCUT2D eigenvalue weighted by Crippen LogP contribution is -2.03. The summed E-state index contributed by atoms with van der Waals surface area (Å²) < 4.78 is 0. The van der Waals surface area contributed by atoms with Gasteiger partial charge in [-0.3, -0.25) is 0 Å². The molecule has 0 heterocycles. The lowest BCUT2D eigenvalue weighted by molar-refractivity contribution is 0.220. The minimum atomic E-state index is -0.978. The highest BCUT2D eigenvalue weighted by Crippen LogP contribution is 2.32. The van der Waals surface area contributed by atoms with Crippen molar-refractivity contribution in [1.82, 2.24) is 0 Å². The molecular weight excluding hydrogens is 218 g/mol. The standard InChI is InChI=1S/C13H13NO3/c14-12-10(5-2-6-11(12)16)13(17)8-3-1-4-9(15)7-8/h1-7,13,15-17H,14H2. The first-order valence-electron chi connectivity index (χ1n) is 5.14. The van der Waals surface area contributed by atoms with Gasteiger partial charge >= 0.3 is 0 Å². The van der Waals surface area contributed by atoms with Crippen LogP contribution in [0.25, 0.3) is 0 Å². The number of phenols is 2. The van der Waals surface area contributed by atoms with Gasteiger partial charge in [0, 0.05) is 5.56 Å². The Bertz CT molecular complexity index is 540. The van der Waals surface area contributed by atoms with Crippen LogP contribution in [0.4, 0.5) is 5.69 Å². The number of hydrogen-bond acceptors (Lipinski definition) is 4. The summed E-state index contributed by atoms with van der Waals surface area (Å²) >= 11 is 0. The van der Waals surface area contributed by atoms with Gasteiger partial charge in [0.2, 0.25) is 0 Å². The predicted molar refractivity (Wildman–Crippen MR) is 64.7 cm³/mol. The van der Waals surface area contributed by atoms with Gasteiger partial charge < -0.3 is 21.1 Å². The first-order chi connectivity index (χ1) is 8.09. The second-order valence-electron chi connectivity index (χ2n) is 3.78. The van der Waals surface area contributed by atoms with Crippen LogP contribution >= 0.6 is 0 Å². The monoisotopic (exact) mass is 231 g/mol. The van der Waals surface area contributed by atoms with Crippen LogP contribution in [0.1, 0.15) is 17.2 Å². The summed E-state index contributed by atoms with van der Waals surface area (Å²) in [7, 11) is 0. The van der Waals surface area contributed by atoms with Crippen molar-refractivity contribution in [3.63, 3.8) is 0 Å². The average molecular weight is 231 g/mol. The minimum Gasteiger partial charge on any atom is -0.508 e. The molecular formula is C13H13NO3. The first-order valence-corrected chi connectivity index (χ1v) is 5.14. The van der Waals surface area contributed by atoms with Crippen molar-refractivity contribution in [3.8, 4) is 11.5 Å². The zero-order chi connectivity index (χ0) is 12.4. The summed E-state index contributed by atoms with van der Waals surface area (Å²) in [5, 5.41) is 28.9. The number of aliphatic hydroxyl groups excluding tert-OH is 1. The van der Waals surface area contributed by atoms with E-state index in [1.165, 1.54) is 18.2 Å². The second-order valence-corrected chi connectivity index (χ2v) is 3.78. The third-order valence-corrected chi connectivity index (χ3v) is 2.60. The van der Waals surface area contributed by atoms with E-state index in [0.717, 1.165) is 0 Å². The molecule has 1 unspecified atom stereocenters. The highest BCUT2D eigenvalue weighted by atomic mass is 16.3. The van der Waals surface area contributed by atoms with Gasteiger partial charge in [0.15, 0.2) is 0 Å². The molecule has 17 heavy (non-hydrogen) atoms. The number of benzene rings is 2. The molecule has 0 fully saturated rings. The van der Waals surface area contributed by atoms with Crippen LogP contribution in [0.3, 0.4) is 0 Å². The molecule has 0 amide bonds. The van der Waals surface area contributed by atoms with Crippen LogP contribution in [-0.4, -0.2) is 15.3 Å². The number of nitrogens with two attached hydrogens (primary N) is 1. The number of hydrogen-bond donors (Lipinski definition) is 4. The Balaban J connectivity index is 2.44. The summed E-state index contributed by atoms with van der Waals surface area (Å²) in [4.78, 5) is 0. The van der Waals surface area contributed by atoms with E-state index in [-0.39, 0.29) is 17.2 Å². The third-order valence-electron chi connectivity index (χ3n) is 2.60. The number of aliphatic hydroxyl groups is 1. The van der Waals surface area contributed by atoms with E-state index in [1.54, 1.807) is 24.3 Å². The van der Waals surface area contributed by atoms with Crippen LogP contribution in [0.15, 0.2) is 42.5 Å². The van der Waals surface area contributed by atoms with Crippen molar-refractivity contribution in [2.24, 2.45) is 0 Å². The van der Waals surface area contributed by atoms with E-state index in [4.69, 9.17) is 5.73 Å². The molecule has 2 aromatic carbocycles. The maximum atomic E-state index is 10.1. The average Bonchev–Trinajstić information content (AvgIpc) is 2.32. The molecule has 4 heteroatoms. The summed E-state index contributed by atoms with van der Waals surface area (Å²) in [6.45, 7) is 0. The molecule has 1 atom stereocenters. The molecule has 0 aliphatic heterocycles. The van der Waals surface area contributed by atoms with E-state index in [2.05, 4.69) is 0 Å². The molecule has 2 aromatic rings. The molecule has 5 N–H and O–H groups in total. The van der Waals surface area contributed by atoms with E-state index in [0.29, 0.717) is 11.1 Å². The zero-order valence-electron chi connectivity index (χ0n) is 9.04. The Hall–Kier alpha value is -2.20. The Morgan fingerprint density at radius 2 is 1.71 bits per heavy atom. The summed E-state index contributed by atoms with van der Waals surface area (Å²) in [5.74, 6) is 0.00183. The minimum absolute atomic E-state index is 0.0679. The molecule has 4 nitrogen and oxygen atoms in total. The van der Waals surface area contributed by atoms with Crippen molar-refractivity contribution in [2.45, 2.75) is 6.10 Å². The number of phenolic OH excluding ortho intramolecular Hbond substituents is 2. The van der Waals surface area contributed by atoms with Crippen molar-refractivity contribution < 1.29 is 15.3 Å². The molecule has 0 saturated heterocycles. The first kappa shape index (κ1) is 11.3. The normalized spacial score (nSPS) is 12.3. The van der Waals surface area contributed by atoms with E-state index in [1.807, 2.05) is 0 Å². The van der Waals surface area contributed by atoms with Crippen molar-refractivity contribution >= 4 is 5.69 Å². The number of para-hydroxylation sites is 1. The van der Waals surface area contributed by atoms with Gasteiger partial charge in [0.1, 0.15) is 17.6 Å². The molecule has 0 aliphatic carbocycles. The molecule has 0 bridgehead atoms.